The van der Waals surface area contributed by atoms with Crippen LogP contribution in [-0.4, -0.2) is 15.5 Å². The number of amides is 1. The number of benzene rings is 1. The molecule has 1 amide bonds. The van der Waals surface area contributed by atoms with E-state index >= 15 is 0 Å². The maximum atomic E-state index is 12.5. The number of nitrogens with zero attached hydrogens (tertiary/aromatic N) is 3. The van der Waals surface area contributed by atoms with E-state index in [9.17, 15) is 10.1 Å². The first-order valence-corrected chi connectivity index (χ1v) is 8.66. The topological polar surface area (TPSA) is 70.7 Å². The van der Waals surface area contributed by atoms with Crippen LogP contribution in [0, 0.1) is 25.2 Å². The molecule has 1 aromatic carbocycles. The van der Waals surface area contributed by atoms with Crippen molar-refractivity contribution in [3.8, 4) is 11.9 Å². The maximum Gasteiger partial charge on any atom is 0.266 e. The molecule has 2 aromatic heterocycles. The molecule has 0 radical (unpaired) electrons. The summed E-state index contributed by atoms with van der Waals surface area (Å²) in [5.74, 6) is 0.302. The minimum absolute atomic E-state index is 0.0104. The van der Waals surface area contributed by atoms with E-state index in [1.807, 2.05) is 48.7 Å². The third-order valence-electron chi connectivity index (χ3n) is 4.10. The quantitative estimate of drug-likeness (QED) is 0.530. The number of hydrogen-bond acceptors (Lipinski definition) is 3. The van der Waals surface area contributed by atoms with E-state index in [-0.39, 0.29) is 5.57 Å². The summed E-state index contributed by atoms with van der Waals surface area (Å²) in [6, 6.07) is 16.4. The van der Waals surface area contributed by atoms with Gasteiger partial charge >= 0.3 is 0 Å². The summed E-state index contributed by atoms with van der Waals surface area (Å²) in [7, 11) is 0. The SMILES string of the molecule is Cc1cc(/C=C(/C#N)C(=O)Nc2cccc(Cl)c2)c(C)n1-c1ccccn1. The minimum atomic E-state index is -0.484. The van der Waals surface area contributed by atoms with E-state index in [4.69, 9.17) is 11.6 Å². The lowest BCUT2D eigenvalue weighted by Crippen LogP contribution is -2.13. The Morgan fingerprint density at radius 1 is 1.22 bits per heavy atom. The third-order valence-corrected chi connectivity index (χ3v) is 4.33. The molecule has 0 spiro atoms. The van der Waals surface area contributed by atoms with E-state index in [0.717, 1.165) is 22.8 Å². The summed E-state index contributed by atoms with van der Waals surface area (Å²) in [5.41, 5.74) is 3.19. The Bertz CT molecular complexity index is 1060. The first-order chi connectivity index (χ1) is 13.0. The average Bonchev–Trinajstić information content (AvgIpc) is 2.93. The van der Waals surface area contributed by atoms with Crippen molar-refractivity contribution in [3.63, 3.8) is 0 Å². The van der Waals surface area contributed by atoms with E-state index in [1.165, 1.54) is 0 Å². The van der Waals surface area contributed by atoms with Gasteiger partial charge in [0, 0.05) is 28.3 Å². The number of rotatable bonds is 4. The van der Waals surface area contributed by atoms with Crippen LogP contribution in [0.3, 0.4) is 0 Å². The highest BCUT2D eigenvalue weighted by Gasteiger charge is 2.14. The van der Waals surface area contributed by atoms with Crippen LogP contribution in [0.15, 0.2) is 60.3 Å². The van der Waals surface area contributed by atoms with Gasteiger partial charge in [0.1, 0.15) is 17.5 Å². The minimum Gasteiger partial charge on any atom is -0.321 e. The molecule has 134 valence electrons. The third kappa shape index (κ3) is 4.08. The molecule has 5 nitrogen and oxygen atoms in total. The molecule has 3 rings (SSSR count). The van der Waals surface area contributed by atoms with Gasteiger partial charge in [0.2, 0.25) is 0 Å². The molecule has 0 atom stereocenters. The van der Waals surface area contributed by atoms with Crippen LogP contribution in [0.1, 0.15) is 17.0 Å². The Balaban J connectivity index is 1.92. The molecule has 6 heteroatoms. The molecule has 27 heavy (non-hydrogen) atoms. The first kappa shape index (κ1) is 18.4. The summed E-state index contributed by atoms with van der Waals surface area (Å²) < 4.78 is 1.98. The fraction of sp³-hybridized carbons (Fsp3) is 0.0952. The Morgan fingerprint density at radius 2 is 2.04 bits per heavy atom. The summed E-state index contributed by atoms with van der Waals surface area (Å²) in [5, 5.41) is 12.7. The van der Waals surface area contributed by atoms with Crippen LogP contribution in [-0.2, 0) is 4.79 Å². The monoisotopic (exact) mass is 376 g/mol. The fourth-order valence-electron chi connectivity index (χ4n) is 2.84. The van der Waals surface area contributed by atoms with Crippen molar-refractivity contribution in [2.75, 3.05) is 5.32 Å². The van der Waals surface area contributed by atoms with Gasteiger partial charge in [0.05, 0.1) is 0 Å². The van der Waals surface area contributed by atoms with Crippen molar-refractivity contribution in [3.05, 3.63) is 82.3 Å². The predicted molar refractivity (Wildman–Crippen MR) is 107 cm³/mol. The van der Waals surface area contributed by atoms with Crippen LogP contribution in [0.5, 0.6) is 0 Å². The molecule has 0 bridgehead atoms. The molecule has 3 aromatic rings. The number of nitrogens with one attached hydrogen (secondary N) is 1. The molecule has 0 aliphatic rings. The zero-order chi connectivity index (χ0) is 19.4. The van der Waals surface area contributed by atoms with Gasteiger partial charge in [-0.15, -0.1) is 0 Å². The summed E-state index contributed by atoms with van der Waals surface area (Å²) in [4.78, 5) is 16.8. The predicted octanol–water partition coefficient (Wildman–Crippen LogP) is 4.69. The molecule has 0 saturated heterocycles. The van der Waals surface area contributed by atoms with E-state index in [0.29, 0.717) is 10.7 Å². The summed E-state index contributed by atoms with van der Waals surface area (Å²) in [6.07, 6.45) is 3.31. The number of carbonyl (C=O) groups excluding carboxylic acids is 1. The molecular weight excluding hydrogens is 360 g/mol. The first-order valence-electron chi connectivity index (χ1n) is 8.28. The molecule has 0 aliphatic heterocycles. The van der Waals surface area contributed by atoms with Gasteiger partial charge in [-0.05, 0) is 61.9 Å². The number of nitriles is 1. The highest BCUT2D eigenvalue weighted by Crippen LogP contribution is 2.22. The number of anilines is 1. The van der Waals surface area contributed by atoms with Crippen LogP contribution >= 0.6 is 11.6 Å². The van der Waals surface area contributed by atoms with Crippen molar-refractivity contribution in [1.82, 2.24) is 9.55 Å². The zero-order valence-electron chi connectivity index (χ0n) is 14.9. The number of hydrogen-bond donors (Lipinski definition) is 1. The molecule has 0 saturated carbocycles. The highest BCUT2D eigenvalue weighted by molar-refractivity contribution is 6.31. The van der Waals surface area contributed by atoms with Crippen molar-refractivity contribution in [2.45, 2.75) is 13.8 Å². The molecule has 0 fully saturated rings. The van der Waals surface area contributed by atoms with Crippen molar-refractivity contribution < 1.29 is 4.79 Å². The molecule has 0 aliphatic carbocycles. The van der Waals surface area contributed by atoms with Gasteiger partial charge in [0.25, 0.3) is 5.91 Å². The lowest BCUT2D eigenvalue weighted by atomic mass is 10.1. The van der Waals surface area contributed by atoms with Gasteiger partial charge in [-0.25, -0.2) is 4.98 Å². The number of halogens is 1. The van der Waals surface area contributed by atoms with Gasteiger partial charge in [-0.3, -0.25) is 4.79 Å². The smallest absolute Gasteiger partial charge is 0.266 e. The molecule has 1 N–H and O–H groups in total. The maximum absolute atomic E-state index is 12.5. The molecule has 0 unspecified atom stereocenters. The van der Waals surface area contributed by atoms with E-state index in [1.54, 1.807) is 36.5 Å². The Morgan fingerprint density at radius 3 is 2.70 bits per heavy atom. The van der Waals surface area contributed by atoms with Crippen LogP contribution in [0.4, 0.5) is 5.69 Å². The van der Waals surface area contributed by atoms with E-state index < -0.39 is 5.91 Å². The van der Waals surface area contributed by atoms with Crippen LogP contribution in [0.2, 0.25) is 5.02 Å². The second-order valence-corrected chi connectivity index (χ2v) is 6.42. The fourth-order valence-corrected chi connectivity index (χ4v) is 3.03. The molecular formula is C21H17ClN4O. The number of aryl methyl sites for hydroxylation is 1. The second-order valence-electron chi connectivity index (χ2n) is 5.98. The van der Waals surface area contributed by atoms with Crippen molar-refractivity contribution in [1.29, 1.82) is 5.26 Å². The Kier molecular flexibility index (Phi) is 5.39. The summed E-state index contributed by atoms with van der Waals surface area (Å²) in [6.45, 7) is 3.88. The van der Waals surface area contributed by atoms with Gasteiger partial charge in [0.15, 0.2) is 0 Å². The Hall–Kier alpha value is -3.36. The lowest BCUT2D eigenvalue weighted by molar-refractivity contribution is -0.112. The van der Waals surface area contributed by atoms with Crippen molar-refractivity contribution in [2.24, 2.45) is 0 Å². The average molecular weight is 377 g/mol. The number of aromatic nitrogens is 2. The normalized spacial score (nSPS) is 11.1. The van der Waals surface area contributed by atoms with Gasteiger partial charge in [-0.1, -0.05) is 23.7 Å². The standard InChI is InChI=1S/C21H17ClN4O/c1-14-10-16(15(2)26(14)20-8-3-4-9-24-20)11-17(13-23)21(27)25-19-7-5-6-18(22)12-19/h3-12H,1-2H3,(H,25,27)/b17-11-. The zero-order valence-corrected chi connectivity index (χ0v) is 15.7. The number of carbonyl (C=O) groups is 1. The van der Waals surface area contributed by atoms with Gasteiger partial charge in [-0.2, -0.15) is 5.26 Å². The van der Waals surface area contributed by atoms with E-state index in [2.05, 4.69) is 10.3 Å². The largest absolute Gasteiger partial charge is 0.321 e. The summed E-state index contributed by atoms with van der Waals surface area (Å²) >= 11 is 5.93. The van der Waals surface area contributed by atoms with Crippen molar-refractivity contribution >= 4 is 29.3 Å². The van der Waals surface area contributed by atoms with Crippen LogP contribution in [0.25, 0.3) is 11.9 Å². The molecule has 2 heterocycles. The highest BCUT2D eigenvalue weighted by atomic mass is 35.5. The van der Waals surface area contributed by atoms with Gasteiger partial charge < -0.3 is 9.88 Å². The Labute approximate surface area is 162 Å². The lowest BCUT2D eigenvalue weighted by Gasteiger charge is -2.08. The second kappa shape index (κ2) is 7.90. The van der Waals surface area contributed by atoms with Crippen LogP contribution < -0.4 is 5.32 Å². The number of pyridine rings is 1.